The molecule has 0 saturated carbocycles. The van der Waals surface area contributed by atoms with Crippen molar-refractivity contribution in [1.82, 2.24) is 0 Å². The highest BCUT2D eigenvalue weighted by Crippen LogP contribution is 2.49. The number of nitrogens with zero attached hydrogens (tertiary/aromatic N) is 1. The largest absolute Gasteiger partial charge is 0.496 e. The van der Waals surface area contributed by atoms with Gasteiger partial charge >= 0.3 is 0 Å². The van der Waals surface area contributed by atoms with Gasteiger partial charge in [0.2, 0.25) is 16.7 Å². The lowest BCUT2D eigenvalue weighted by Gasteiger charge is -2.19. The topological polar surface area (TPSA) is 40.8 Å². The van der Waals surface area contributed by atoms with E-state index in [2.05, 4.69) is 28.8 Å². The minimum atomic E-state index is 0.705. The van der Waals surface area contributed by atoms with E-state index in [0.717, 1.165) is 50.1 Å². The summed E-state index contributed by atoms with van der Waals surface area (Å²) in [4.78, 5) is 0. The van der Waals surface area contributed by atoms with Crippen LogP contribution in [0.1, 0.15) is 0 Å². The predicted octanol–water partition coefficient (Wildman–Crippen LogP) is 5.97. The third-order valence-corrected chi connectivity index (χ3v) is 6.12. The van der Waals surface area contributed by atoms with Crippen LogP contribution in [0.5, 0.6) is 23.0 Å². The maximum Gasteiger partial charge on any atom is 0.223 e. The minimum Gasteiger partial charge on any atom is -0.496 e. The van der Waals surface area contributed by atoms with E-state index in [1.807, 2.05) is 60.7 Å². The van der Waals surface area contributed by atoms with E-state index in [9.17, 15) is 0 Å². The molecule has 0 amide bonds. The Bertz CT molecular complexity index is 1410. The molecule has 0 bridgehead atoms. The first-order valence-corrected chi connectivity index (χ1v) is 11.0. The molecule has 5 aromatic rings. The second kappa shape index (κ2) is 8.94. The highest BCUT2D eigenvalue weighted by molar-refractivity contribution is 6.14. The molecule has 5 heteroatoms. The summed E-state index contributed by atoms with van der Waals surface area (Å²) in [6.45, 7) is 0. The monoisotopic (exact) mass is 452 g/mol. The number of hydrogen-bond acceptors (Lipinski definition) is 4. The van der Waals surface area contributed by atoms with Crippen LogP contribution in [0.2, 0.25) is 0 Å². The lowest BCUT2D eigenvalue weighted by atomic mass is 9.92. The fourth-order valence-electron chi connectivity index (χ4n) is 4.71. The molecule has 170 valence electrons. The highest BCUT2D eigenvalue weighted by Gasteiger charge is 2.30. The summed E-state index contributed by atoms with van der Waals surface area (Å²) < 4.78 is 25.7. The number of methoxy groups -OCH3 is 4. The Balaban J connectivity index is 2.13. The van der Waals surface area contributed by atoms with Crippen LogP contribution < -0.4 is 23.5 Å². The van der Waals surface area contributed by atoms with Gasteiger partial charge in [-0.25, -0.2) is 0 Å². The summed E-state index contributed by atoms with van der Waals surface area (Å²) in [5.74, 6) is 2.91. The Morgan fingerprint density at radius 3 is 1.35 bits per heavy atom. The van der Waals surface area contributed by atoms with E-state index in [1.165, 1.54) is 0 Å². The molecule has 0 unspecified atom stereocenters. The van der Waals surface area contributed by atoms with E-state index in [0.29, 0.717) is 11.5 Å². The molecule has 0 aliphatic carbocycles. The molecule has 0 saturated heterocycles. The summed E-state index contributed by atoms with van der Waals surface area (Å²) in [5.41, 5.74) is 4.80. The van der Waals surface area contributed by atoms with Crippen molar-refractivity contribution in [1.29, 1.82) is 0 Å². The Labute approximate surface area is 198 Å². The van der Waals surface area contributed by atoms with Gasteiger partial charge in [0, 0.05) is 29.8 Å². The van der Waals surface area contributed by atoms with Crippen molar-refractivity contribution in [2.75, 3.05) is 28.4 Å². The van der Waals surface area contributed by atoms with Crippen molar-refractivity contribution in [2.45, 2.75) is 0 Å². The fourth-order valence-corrected chi connectivity index (χ4v) is 4.71. The summed E-state index contributed by atoms with van der Waals surface area (Å²) in [6.07, 6.45) is 0. The Morgan fingerprint density at radius 2 is 0.882 bits per heavy atom. The number of ether oxygens (including phenoxy) is 4. The van der Waals surface area contributed by atoms with Crippen LogP contribution in [0.25, 0.3) is 38.6 Å². The number of para-hydroxylation sites is 1. The highest BCUT2D eigenvalue weighted by atomic mass is 16.5. The molecule has 0 radical (unpaired) electrons. The molecule has 5 rings (SSSR count). The van der Waals surface area contributed by atoms with E-state index in [4.69, 9.17) is 18.9 Å². The average molecular weight is 453 g/mol. The lowest BCUT2D eigenvalue weighted by Crippen LogP contribution is -2.33. The van der Waals surface area contributed by atoms with Crippen molar-refractivity contribution in [2.24, 2.45) is 0 Å². The van der Waals surface area contributed by atoms with E-state index < -0.39 is 0 Å². The lowest BCUT2D eigenvalue weighted by molar-refractivity contribution is -0.537. The fraction of sp³-hybridized carbons (Fsp3) is 0.138. The molecule has 0 aliphatic rings. The summed E-state index contributed by atoms with van der Waals surface area (Å²) >= 11 is 0. The third-order valence-electron chi connectivity index (χ3n) is 6.12. The van der Waals surface area contributed by atoms with Crippen molar-refractivity contribution in [3.8, 4) is 39.8 Å². The van der Waals surface area contributed by atoms with Gasteiger partial charge in [-0.15, -0.1) is 0 Å². The van der Waals surface area contributed by atoms with E-state index in [-0.39, 0.29) is 0 Å². The second-order valence-corrected chi connectivity index (χ2v) is 7.79. The maximum absolute atomic E-state index is 5.91. The van der Waals surface area contributed by atoms with E-state index >= 15 is 0 Å². The molecule has 0 spiro atoms. The molecule has 4 aromatic carbocycles. The zero-order valence-electron chi connectivity index (χ0n) is 19.7. The number of aromatic nitrogens is 1. The quantitative estimate of drug-likeness (QED) is 0.235. The SMILES string of the molecule is COc1cccc(OC)c1-c1c2c(OC)cccc2[n+](-c2ccccc2)c2cccc(OC)c12. The van der Waals surface area contributed by atoms with Gasteiger partial charge < -0.3 is 18.9 Å². The number of pyridine rings is 1. The van der Waals surface area contributed by atoms with Crippen LogP contribution in [-0.2, 0) is 0 Å². The normalized spacial score (nSPS) is 10.9. The predicted molar refractivity (Wildman–Crippen MR) is 135 cm³/mol. The summed E-state index contributed by atoms with van der Waals surface area (Å²) in [7, 11) is 6.73. The molecule has 5 nitrogen and oxygen atoms in total. The van der Waals surface area contributed by atoms with E-state index in [1.54, 1.807) is 28.4 Å². The molecule has 34 heavy (non-hydrogen) atoms. The first-order chi connectivity index (χ1) is 16.7. The van der Waals surface area contributed by atoms with Crippen molar-refractivity contribution in [3.63, 3.8) is 0 Å². The van der Waals surface area contributed by atoms with Crippen LogP contribution in [0.4, 0.5) is 0 Å². The summed E-state index contributed by atoms with van der Waals surface area (Å²) in [6, 6.07) is 28.3. The molecule has 0 fully saturated rings. The molecule has 1 heterocycles. The van der Waals surface area contributed by atoms with Crippen LogP contribution >= 0.6 is 0 Å². The number of benzene rings is 4. The van der Waals surface area contributed by atoms with Crippen molar-refractivity contribution >= 4 is 21.8 Å². The second-order valence-electron chi connectivity index (χ2n) is 7.79. The van der Waals surface area contributed by atoms with Gasteiger partial charge in [0.15, 0.2) is 0 Å². The Morgan fingerprint density at radius 1 is 0.441 bits per heavy atom. The molecule has 0 aliphatic heterocycles. The van der Waals surface area contributed by atoms with Gasteiger partial charge in [0.1, 0.15) is 23.0 Å². The van der Waals surface area contributed by atoms with Crippen molar-refractivity contribution < 1.29 is 23.5 Å². The Hall–Kier alpha value is -4.25. The van der Waals surface area contributed by atoms with Gasteiger partial charge in [-0.3, -0.25) is 0 Å². The van der Waals surface area contributed by atoms with Gasteiger partial charge in [0.05, 0.1) is 44.8 Å². The van der Waals surface area contributed by atoms with Crippen LogP contribution in [-0.4, -0.2) is 28.4 Å². The molecule has 0 atom stereocenters. The minimum absolute atomic E-state index is 0.705. The molecular formula is C29H26NO4+. The van der Waals surface area contributed by atoms with Crippen LogP contribution in [0.3, 0.4) is 0 Å². The molecular weight excluding hydrogens is 426 g/mol. The van der Waals surface area contributed by atoms with Gasteiger partial charge in [-0.05, 0) is 24.3 Å². The average Bonchev–Trinajstić information content (AvgIpc) is 2.90. The number of hydrogen-bond donors (Lipinski definition) is 0. The maximum atomic E-state index is 5.91. The zero-order valence-corrected chi connectivity index (χ0v) is 19.7. The van der Waals surface area contributed by atoms with Gasteiger partial charge in [-0.1, -0.05) is 36.4 Å². The first-order valence-electron chi connectivity index (χ1n) is 11.0. The first kappa shape index (κ1) is 21.6. The van der Waals surface area contributed by atoms with Crippen LogP contribution in [0.15, 0.2) is 84.9 Å². The molecule has 0 N–H and O–H groups in total. The van der Waals surface area contributed by atoms with Crippen molar-refractivity contribution in [3.05, 3.63) is 84.9 Å². The number of fused-ring (bicyclic) bond motifs is 2. The number of rotatable bonds is 6. The Kier molecular flexibility index (Phi) is 5.68. The molecule has 1 aromatic heterocycles. The zero-order chi connectivity index (χ0) is 23.7. The smallest absolute Gasteiger partial charge is 0.223 e. The summed E-state index contributed by atoms with van der Waals surface area (Å²) in [5, 5.41) is 1.88. The third kappa shape index (κ3) is 3.28. The van der Waals surface area contributed by atoms with Gasteiger partial charge in [-0.2, -0.15) is 4.57 Å². The standard InChI is InChI=1S/C29H26NO4/c1-31-22-15-8-13-20-26(22)29(28-24(33-3)17-10-18-25(28)34-4)27-21(14-9-16-23(27)32-2)30(20)19-11-6-5-7-12-19/h5-18H,1-4H3/q+1. The van der Waals surface area contributed by atoms with Crippen LogP contribution in [0, 0.1) is 0 Å². The van der Waals surface area contributed by atoms with Gasteiger partial charge in [0.25, 0.3) is 0 Å².